The van der Waals surface area contributed by atoms with Gasteiger partial charge in [-0.1, -0.05) is 23.7 Å². The summed E-state index contributed by atoms with van der Waals surface area (Å²) in [4.78, 5) is 16.9. The van der Waals surface area contributed by atoms with E-state index in [0.29, 0.717) is 16.3 Å². The molecule has 2 aromatic rings. The Labute approximate surface area is 171 Å². The lowest BCUT2D eigenvalue weighted by molar-refractivity contribution is 0.0659. The Kier molecular flexibility index (Phi) is 6.27. The van der Waals surface area contributed by atoms with E-state index in [-0.39, 0.29) is 16.8 Å². The number of halogens is 1. The zero-order chi connectivity index (χ0) is 20.3. The normalized spacial score (nSPS) is 16.0. The number of hydrogen-bond acceptors (Lipinski definition) is 4. The summed E-state index contributed by atoms with van der Waals surface area (Å²) in [6.07, 6.45) is 1.82. The summed E-state index contributed by atoms with van der Waals surface area (Å²) in [6.45, 7) is 1.89. The number of amides is 1. The van der Waals surface area contributed by atoms with Gasteiger partial charge in [0.05, 0.1) is 10.6 Å². The fourth-order valence-corrected chi connectivity index (χ4v) is 4.60. The average Bonchev–Trinajstić information content (AvgIpc) is 2.67. The summed E-state index contributed by atoms with van der Waals surface area (Å²) in [5, 5.41) is 0.434. The van der Waals surface area contributed by atoms with Crippen molar-refractivity contribution >= 4 is 33.2 Å². The molecular weight excluding hydrogens is 398 g/mol. The summed E-state index contributed by atoms with van der Waals surface area (Å²) < 4.78 is 27.9. The third kappa shape index (κ3) is 4.84. The van der Waals surface area contributed by atoms with Crippen LogP contribution in [0.1, 0.15) is 23.2 Å². The molecule has 8 heteroatoms. The number of sulfonamides is 1. The monoisotopic (exact) mass is 421 g/mol. The van der Waals surface area contributed by atoms with E-state index in [4.69, 9.17) is 11.6 Å². The molecule has 1 saturated heterocycles. The summed E-state index contributed by atoms with van der Waals surface area (Å²) in [6, 6.07) is 12.8. The average molecular weight is 422 g/mol. The van der Waals surface area contributed by atoms with E-state index in [1.54, 1.807) is 42.3 Å². The summed E-state index contributed by atoms with van der Waals surface area (Å²) in [5.41, 5.74) is 0.725. The molecule has 0 saturated carbocycles. The van der Waals surface area contributed by atoms with Crippen molar-refractivity contribution in [1.29, 1.82) is 0 Å². The van der Waals surface area contributed by atoms with Crippen LogP contribution in [-0.4, -0.2) is 57.4 Å². The first-order valence-corrected chi connectivity index (χ1v) is 11.0. The Morgan fingerprint density at radius 2 is 1.82 bits per heavy atom. The second-order valence-corrected chi connectivity index (χ2v) is 9.21. The SMILES string of the molecule is CN1CCC(N(C)C(=O)c2cccc(S(=O)(=O)Nc3cccc(Cl)c3)c2)CC1. The van der Waals surface area contributed by atoms with Crippen molar-refractivity contribution in [2.45, 2.75) is 23.8 Å². The van der Waals surface area contributed by atoms with Crippen molar-refractivity contribution in [3.8, 4) is 0 Å². The number of carbonyl (C=O) groups is 1. The quantitative estimate of drug-likeness (QED) is 0.804. The van der Waals surface area contributed by atoms with E-state index in [9.17, 15) is 13.2 Å². The zero-order valence-electron chi connectivity index (χ0n) is 15.9. The molecule has 2 aromatic carbocycles. The fraction of sp³-hybridized carbons (Fsp3) is 0.350. The van der Waals surface area contributed by atoms with Gasteiger partial charge in [-0.15, -0.1) is 0 Å². The molecule has 1 N–H and O–H groups in total. The maximum Gasteiger partial charge on any atom is 0.261 e. The Morgan fingerprint density at radius 3 is 2.50 bits per heavy atom. The highest BCUT2D eigenvalue weighted by Crippen LogP contribution is 2.22. The number of hydrogen-bond donors (Lipinski definition) is 1. The molecule has 1 fully saturated rings. The molecule has 0 spiro atoms. The Balaban J connectivity index is 1.78. The van der Waals surface area contributed by atoms with Gasteiger partial charge in [0.1, 0.15) is 0 Å². The highest BCUT2D eigenvalue weighted by atomic mass is 35.5. The third-order valence-electron chi connectivity index (χ3n) is 5.02. The van der Waals surface area contributed by atoms with Gasteiger partial charge in [-0.2, -0.15) is 0 Å². The predicted octanol–water partition coefficient (Wildman–Crippen LogP) is 3.31. The molecule has 0 bridgehead atoms. The smallest absolute Gasteiger partial charge is 0.261 e. The molecule has 0 unspecified atom stereocenters. The number of piperidine rings is 1. The molecular formula is C20H24ClN3O3S. The second-order valence-electron chi connectivity index (χ2n) is 7.09. The van der Waals surface area contributed by atoms with Crippen LogP contribution in [0.2, 0.25) is 5.02 Å². The van der Waals surface area contributed by atoms with Crippen molar-refractivity contribution in [3.05, 3.63) is 59.1 Å². The molecule has 1 aliphatic rings. The first-order valence-electron chi connectivity index (χ1n) is 9.10. The summed E-state index contributed by atoms with van der Waals surface area (Å²) in [5.74, 6) is -0.172. The minimum Gasteiger partial charge on any atom is -0.339 e. The number of benzene rings is 2. The topological polar surface area (TPSA) is 69.7 Å². The van der Waals surface area contributed by atoms with Crippen molar-refractivity contribution in [2.75, 3.05) is 31.9 Å². The van der Waals surface area contributed by atoms with Crippen LogP contribution in [0.25, 0.3) is 0 Å². The van der Waals surface area contributed by atoms with Crippen molar-refractivity contribution in [1.82, 2.24) is 9.80 Å². The maximum atomic E-state index is 12.9. The molecule has 0 aliphatic carbocycles. The number of likely N-dealkylation sites (tertiary alicyclic amines) is 1. The summed E-state index contributed by atoms with van der Waals surface area (Å²) >= 11 is 5.92. The lowest BCUT2D eigenvalue weighted by Crippen LogP contribution is -2.44. The first kappa shape index (κ1) is 20.6. The van der Waals surface area contributed by atoms with Gasteiger partial charge >= 0.3 is 0 Å². The Hall–Kier alpha value is -2.09. The Morgan fingerprint density at radius 1 is 1.14 bits per heavy atom. The third-order valence-corrected chi connectivity index (χ3v) is 6.64. The molecule has 0 atom stereocenters. The predicted molar refractivity (Wildman–Crippen MR) is 111 cm³/mol. The maximum absolute atomic E-state index is 12.9. The van der Waals surface area contributed by atoms with Gasteiger partial charge in [0.25, 0.3) is 15.9 Å². The van der Waals surface area contributed by atoms with E-state index in [2.05, 4.69) is 16.7 Å². The van der Waals surface area contributed by atoms with E-state index in [1.165, 1.54) is 18.2 Å². The van der Waals surface area contributed by atoms with Crippen LogP contribution in [-0.2, 0) is 10.0 Å². The molecule has 150 valence electrons. The molecule has 6 nitrogen and oxygen atoms in total. The van der Waals surface area contributed by atoms with Crippen LogP contribution in [0.5, 0.6) is 0 Å². The van der Waals surface area contributed by atoms with Crippen LogP contribution in [0.3, 0.4) is 0 Å². The largest absolute Gasteiger partial charge is 0.339 e. The molecule has 1 heterocycles. The number of nitrogens with zero attached hydrogens (tertiary/aromatic N) is 2. The highest BCUT2D eigenvalue weighted by molar-refractivity contribution is 7.92. The van der Waals surface area contributed by atoms with E-state index >= 15 is 0 Å². The van der Waals surface area contributed by atoms with Crippen LogP contribution in [0, 0.1) is 0 Å². The van der Waals surface area contributed by atoms with Crippen LogP contribution < -0.4 is 4.72 Å². The van der Waals surface area contributed by atoms with Gasteiger partial charge in [0.15, 0.2) is 0 Å². The molecule has 1 aliphatic heterocycles. The van der Waals surface area contributed by atoms with E-state index in [0.717, 1.165) is 25.9 Å². The molecule has 0 aromatic heterocycles. The van der Waals surface area contributed by atoms with Crippen LogP contribution in [0.4, 0.5) is 5.69 Å². The lowest BCUT2D eigenvalue weighted by atomic mass is 10.0. The number of anilines is 1. The standard InChI is InChI=1S/C20H24ClN3O3S/c1-23-11-9-18(10-12-23)24(2)20(25)15-5-3-8-19(13-15)28(26,27)22-17-7-4-6-16(21)14-17/h3-8,13-14,18,22H,9-12H2,1-2H3. The van der Waals surface area contributed by atoms with Gasteiger partial charge in [-0.3, -0.25) is 9.52 Å². The van der Waals surface area contributed by atoms with Crippen LogP contribution >= 0.6 is 11.6 Å². The van der Waals surface area contributed by atoms with Gasteiger partial charge in [0.2, 0.25) is 0 Å². The number of rotatable bonds is 5. The number of carbonyl (C=O) groups excluding carboxylic acids is 1. The van der Waals surface area contributed by atoms with Gasteiger partial charge < -0.3 is 9.80 Å². The fourth-order valence-electron chi connectivity index (χ4n) is 3.31. The van der Waals surface area contributed by atoms with Crippen molar-refractivity contribution in [2.24, 2.45) is 0 Å². The van der Waals surface area contributed by atoms with E-state index in [1.807, 2.05) is 0 Å². The van der Waals surface area contributed by atoms with Gasteiger partial charge in [0, 0.05) is 23.7 Å². The minimum atomic E-state index is -3.83. The molecule has 1 amide bonds. The van der Waals surface area contributed by atoms with Crippen molar-refractivity contribution < 1.29 is 13.2 Å². The molecule has 28 heavy (non-hydrogen) atoms. The van der Waals surface area contributed by atoms with Gasteiger partial charge in [-0.05, 0) is 69.4 Å². The van der Waals surface area contributed by atoms with Crippen molar-refractivity contribution in [3.63, 3.8) is 0 Å². The first-order chi connectivity index (χ1) is 13.3. The second kappa shape index (κ2) is 8.51. The molecule has 3 rings (SSSR count). The van der Waals surface area contributed by atoms with E-state index < -0.39 is 10.0 Å². The molecule has 0 radical (unpaired) electrons. The lowest BCUT2D eigenvalue weighted by Gasteiger charge is -2.35. The minimum absolute atomic E-state index is 0.0371. The van der Waals surface area contributed by atoms with Crippen LogP contribution in [0.15, 0.2) is 53.4 Å². The number of nitrogens with one attached hydrogen (secondary N) is 1. The zero-order valence-corrected chi connectivity index (χ0v) is 17.5. The van der Waals surface area contributed by atoms with Gasteiger partial charge in [-0.25, -0.2) is 8.42 Å². The summed E-state index contributed by atoms with van der Waals surface area (Å²) in [7, 11) is 0.0202. The Bertz CT molecular complexity index is 957. The highest BCUT2D eigenvalue weighted by Gasteiger charge is 2.25.